The van der Waals surface area contributed by atoms with E-state index in [-0.39, 0.29) is 6.10 Å². The SMILES string of the molecule is CN(Cc1ccccc1)c1ncnc(NCC2CCCO2)c1N. The Balaban J connectivity index is 1.68. The van der Waals surface area contributed by atoms with Gasteiger partial charge in [0.05, 0.1) is 6.10 Å². The molecule has 6 heteroatoms. The number of nitrogens with one attached hydrogen (secondary N) is 1. The first kappa shape index (κ1) is 15.6. The van der Waals surface area contributed by atoms with Gasteiger partial charge in [0.1, 0.15) is 12.0 Å². The molecule has 0 aliphatic carbocycles. The number of rotatable bonds is 6. The summed E-state index contributed by atoms with van der Waals surface area (Å²) >= 11 is 0. The average Bonchev–Trinajstić information content (AvgIpc) is 3.08. The molecule has 1 aliphatic heterocycles. The molecular formula is C17H23N5O. The average molecular weight is 313 g/mol. The Morgan fingerprint density at radius 1 is 1.30 bits per heavy atom. The zero-order valence-electron chi connectivity index (χ0n) is 13.4. The van der Waals surface area contributed by atoms with Gasteiger partial charge in [-0.1, -0.05) is 30.3 Å². The van der Waals surface area contributed by atoms with Crippen molar-refractivity contribution in [1.29, 1.82) is 0 Å². The number of aromatic nitrogens is 2. The topological polar surface area (TPSA) is 76.3 Å². The van der Waals surface area contributed by atoms with Crippen molar-refractivity contribution in [2.75, 3.05) is 36.1 Å². The lowest BCUT2D eigenvalue weighted by Gasteiger charge is -2.21. The molecule has 0 radical (unpaired) electrons. The van der Waals surface area contributed by atoms with Crippen molar-refractivity contribution < 1.29 is 4.74 Å². The van der Waals surface area contributed by atoms with Gasteiger partial charge >= 0.3 is 0 Å². The van der Waals surface area contributed by atoms with Gasteiger partial charge in [-0.3, -0.25) is 0 Å². The van der Waals surface area contributed by atoms with E-state index in [2.05, 4.69) is 27.4 Å². The number of hydrogen-bond donors (Lipinski definition) is 2. The van der Waals surface area contributed by atoms with Gasteiger partial charge in [0.2, 0.25) is 0 Å². The predicted molar refractivity (Wildman–Crippen MR) is 92.5 cm³/mol. The molecule has 1 aromatic carbocycles. The molecule has 3 N–H and O–H groups in total. The fourth-order valence-electron chi connectivity index (χ4n) is 2.78. The Labute approximate surface area is 136 Å². The number of nitrogens with two attached hydrogens (primary N) is 1. The van der Waals surface area contributed by atoms with Crippen molar-refractivity contribution in [3.8, 4) is 0 Å². The Hall–Kier alpha value is -2.34. The lowest BCUT2D eigenvalue weighted by molar-refractivity contribution is 0.120. The summed E-state index contributed by atoms with van der Waals surface area (Å²) in [5.74, 6) is 1.41. The van der Waals surface area contributed by atoms with Crippen LogP contribution < -0.4 is 16.0 Å². The van der Waals surface area contributed by atoms with Gasteiger partial charge < -0.3 is 20.7 Å². The number of nitrogens with zero attached hydrogens (tertiary/aromatic N) is 3. The molecule has 122 valence electrons. The zero-order chi connectivity index (χ0) is 16.1. The van der Waals surface area contributed by atoms with Crippen LogP contribution in [0.1, 0.15) is 18.4 Å². The van der Waals surface area contributed by atoms with Crippen LogP contribution in [-0.2, 0) is 11.3 Å². The largest absolute Gasteiger partial charge is 0.393 e. The quantitative estimate of drug-likeness (QED) is 0.852. The Morgan fingerprint density at radius 2 is 2.13 bits per heavy atom. The molecule has 0 spiro atoms. The minimum atomic E-state index is 0.245. The van der Waals surface area contributed by atoms with E-state index in [1.807, 2.05) is 30.1 Å². The molecule has 23 heavy (non-hydrogen) atoms. The Kier molecular flexibility index (Phi) is 4.92. The molecular weight excluding hydrogens is 290 g/mol. The summed E-state index contributed by atoms with van der Waals surface area (Å²) < 4.78 is 5.61. The van der Waals surface area contributed by atoms with Crippen molar-refractivity contribution in [2.24, 2.45) is 0 Å². The molecule has 1 fully saturated rings. The summed E-state index contributed by atoms with van der Waals surface area (Å²) in [6, 6.07) is 10.2. The van der Waals surface area contributed by atoms with E-state index in [0.29, 0.717) is 11.5 Å². The second-order valence-corrected chi connectivity index (χ2v) is 5.82. The van der Waals surface area contributed by atoms with Crippen LogP contribution >= 0.6 is 0 Å². The van der Waals surface area contributed by atoms with E-state index < -0.39 is 0 Å². The van der Waals surface area contributed by atoms with Crippen LogP contribution in [0.2, 0.25) is 0 Å². The van der Waals surface area contributed by atoms with E-state index in [4.69, 9.17) is 10.5 Å². The molecule has 0 bridgehead atoms. The molecule has 0 amide bonds. The van der Waals surface area contributed by atoms with E-state index in [0.717, 1.165) is 38.4 Å². The van der Waals surface area contributed by atoms with Gasteiger partial charge in [-0.25, -0.2) is 9.97 Å². The number of hydrogen-bond acceptors (Lipinski definition) is 6. The van der Waals surface area contributed by atoms with Crippen LogP contribution in [0.25, 0.3) is 0 Å². The Bertz CT molecular complexity index is 628. The minimum Gasteiger partial charge on any atom is -0.393 e. The van der Waals surface area contributed by atoms with Crippen LogP contribution in [0.5, 0.6) is 0 Å². The van der Waals surface area contributed by atoms with Crippen LogP contribution in [0.3, 0.4) is 0 Å². The standard InChI is InChI=1S/C17H23N5O/c1-22(11-13-6-3-2-4-7-13)17-15(18)16(20-12-21-17)19-10-14-8-5-9-23-14/h2-4,6-7,12,14H,5,8-11,18H2,1H3,(H,19,20,21). The van der Waals surface area contributed by atoms with Crippen LogP contribution in [0.4, 0.5) is 17.3 Å². The molecule has 1 atom stereocenters. The third-order valence-electron chi connectivity index (χ3n) is 4.01. The third kappa shape index (κ3) is 3.90. The van der Waals surface area contributed by atoms with Gasteiger partial charge in [0.25, 0.3) is 0 Å². The molecule has 2 aromatic rings. The molecule has 1 aliphatic rings. The minimum absolute atomic E-state index is 0.245. The van der Waals surface area contributed by atoms with Crippen molar-refractivity contribution in [3.63, 3.8) is 0 Å². The molecule has 1 aromatic heterocycles. The lowest BCUT2D eigenvalue weighted by atomic mass is 10.2. The van der Waals surface area contributed by atoms with Gasteiger partial charge in [-0.15, -0.1) is 0 Å². The first-order valence-corrected chi connectivity index (χ1v) is 7.95. The van der Waals surface area contributed by atoms with Crippen molar-refractivity contribution in [3.05, 3.63) is 42.2 Å². The highest BCUT2D eigenvalue weighted by molar-refractivity contribution is 5.74. The predicted octanol–water partition coefficient (Wildman–Crippen LogP) is 2.29. The molecule has 1 saturated heterocycles. The summed E-state index contributed by atoms with van der Waals surface area (Å²) in [5, 5.41) is 3.29. The van der Waals surface area contributed by atoms with Gasteiger partial charge in [-0.05, 0) is 18.4 Å². The first-order valence-electron chi connectivity index (χ1n) is 7.95. The second-order valence-electron chi connectivity index (χ2n) is 5.82. The number of anilines is 3. The first-order chi connectivity index (χ1) is 11.2. The normalized spacial score (nSPS) is 17.2. The van der Waals surface area contributed by atoms with Crippen molar-refractivity contribution in [2.45, 2.75) is 25.5 Å². The summed E-state index contributed by atoms with van der Waals surface area (Å²) in [7, 11) is 1.98. The number of benzene rings is 1. The van der Waals surface area contributed by atoms with Crippen molar-refractivity contribution in [1.82, 2.24) is 9.97 Å². The molecule has 2 heterocycles. The zero-order valence-corrected chi connectivity index (χ0v) is 13.4. The highest BCUT2D eigenvalue weighted by Gasteiger charge is 2.17. The summed E-state index contributed by atoms with van der Waals surface area (Å²) in [4.78, 5) is 10.6. The lowest BCUT2D eigenvalue weighted by Crippen LogP contribution is -2.22. The fourth-order valence-corrected chi connectivity index (χ4v) is 2.78. The number of nitrogen functional groups attached to an aromatic ring is 1. The van der Waals surface area contributed by atoms with Crippen molar-refractivity contribution >= 4 is 17.3 Å². The van der Waals surface area contributed by atoms with Crippen LogP contribution in [0.15, 0.2) is 36.7 Å². The van der Waals surface area contributed by atoms with Crippen LogP contribution in [-0.4, -0.2) is 36.3 Å². The summed E-state index contributed by atoms with van der Waals surface area (Å²) in [6.07, 6.45) is 4.00. The molecule has 1 unspecified atom stereocenters. The summed E-state index contributed by atoms with van der Waals surface area (Å²) in [5.41, 5.74) is 8.04. The molecule has 0 saturated carbocycles. The monoisotopic (exact) mass is 313 g/mol. The van der Waals surface area contributed by atoms with E-state index >= 15 is 0 Å². The Morgan fingerprint density at radius 3 is 2.87 bits per heavy atom. The smallest absolute Gasteiger partial charge is 0.157 e. The van der Waals surface area contributed by atoms with E-state index in [1.54, 1.807) is 6.33 Å². The maximum atomic E-state index is 6.25. The number of ether oxygens (including phenoxy) is 1. The highest BCUT2D eigenvalue weighted by atomic mass is 16.5. The molecule has 6 nitrogen and oxygen atoms in total. The second kappa shape index (κ2) is 7.28. The van der Waals surface area contributed by atoms with E-state index in [9.17, 15) is 0 Å². The van der Waals surface area contributed by atoms with Gasteiger partial charge in [0, 0.05) is 26.7 Å². The maximum absolute atomic E-state index is 6.25. The maximum Gasteiger partial charge on any atom is 0.157 e. The van der Waals surface area contributed by atoms with Crippen LogP contribution in [0, 0.1) is 0 Å². The third-order valence-corrected chi connectivity index (χ3v) is 4.01. The van der Waals surface area contributed by atoms with E-state index in [1.165, 1.54) is 5.56 Å². The highest BCUT2D eigenvalue weighted by Crippen LogP contribution is 2.26. The fraction of sp³-hybridized carbons (Fsp3) is 0.412. The van der Waals surface area contributed by atoms with Gasteiger partial charge in [-0.2, -0.15) is 0 Å². The van der Waals surface area contributed by atoms with Gasteiger partial charge in [0.15, 0.2) is 11.6 Å². The summed E-state index contributed by atoms with van der Waals surface area (Å²) in [6.45, 7) is 2.31. The molecule has 3 rings (SSSR count).